The molecular weight excluding hydrogens is 242 g/mol. The minimum atomic E-state index is -0.417. The average Bonchev–Trinajstić information content (AvgIpc) is 2.39. The Kier molecular flexibility index (Phi) is 4.56. The van der Waals surface area contributed by atoms with Gasteiger partial charge in [-0.25, -0.2) is 0 Å². The molecule has 1 aliphatic rings. The van der Waals surface area contributed by atoms with E-state index in [2.05, 4.69) is 0 Å². The SMILES string of the molecule is Cc1cccc(C)c1N1CCOC(CCCO)C1=O. The minimum absolute atomic E-state index is 0.0112. The molecule has 104 valence electrons. The summed E-state index contributed by atoms with van der Waals surface area (Å²) in [6, 6.07) is 6.05. The largest absolute Gasteiger partial charge is 0.396 e. The summed E-state index contributed by atoms with van der Waals surface area (Å²) < 4.78 is 5.52. The summed E-state index contributed by atoms with van der Waals surface area (Å²) in [6.45, 7) is 5.29. The van der Waals surface area contributed by atoms with E-state index in [9.17, 15) is 4.79 Å². The van der Waals surface area contributed by atoms with E-state index in [1.165, 1.54) is 0 Å². The van der Waals surface area contributed by atoms with Gasteiger partial charge in [-0.1, -0.05) is 18.2 Å². The monoisotopic (exact) mass is 263 g/mol. The summed E-state index contributed by atoms with van der Waals surface area (Å²) in [4.78, 5) is 14.3. The summed E-state index contributed by atoms with van der Waals surface area (Å²) >= 11 is 0. The molecule has 19 heavy (non-hydrogen) atoms. The summed E-state index contributed by atoms with van der Waals surface area (Å²) in [5.41, 5.74) is 3.22. The van der Waals surface area contributed by atoms with E-state index in [0.29, 0.717) is 26.0 Å². The van der Waals surface area contributed by atoms with Gasteiger partial charge in [-0.05, 0) is 37.8 Å². The molecule has 1 unspecified atom stereocenters. The molecule has 0 saturated carbocycles. The predicted molar refractivity (Wildman–Crippen MR) is 74.3 cm³/mol. The summed E-state index contributed by atoms with van der Waals surface area (Å²) in [7, 11) is 0. The van der Waals surface area contributed by atoms with Crippen LogP contribution in [0.5, 0.6) is 0 Å². The Balaban J connectivity index is 2.22. The topological polar surface area (TPSA) is 49.8 Å². The van der Waals surface area contributed by atoms with Crippen LogP contribution in [0.15, 0.2) is 18.2 Å². The highest BCUT2D eigenvalue weighted by Crippen LogP contribution is 2.27. The molecule has 4 nitrogen and oxygen atoms in total. The van der Waals surface area contributed by atoms with Gasteiger partial charge in [0.05, 0.1) is 6.61 Å². The zero-order valence-corrected chi connectivity index (χ0v) is 11.6. The molecule has 0 radical (unpaired) electrons. The number of hydrogen-bond donors (Lipinski definition) is 1. The van der Waals surface area contributed by atoms with Crippen LogP contribution in [-0.2, 0) is 9.53 Å². The third-order valence-electron chi connectivity index (χ3n) is 3.51. The molecule has 4 heteroatoms. The first-order valence-corrected chi connectivity index (χ1v) is 6.75. The molecule has 0 aliphatic carbocycles. The van der Waals surface area contributed by atoms with Crippen LogP contribution < -0.4 is 4.90 Å². The van der Waals surface area contributed by atoms with E-state index in [1.54, 1.807) is 0 Å². The standard InChI is InChI=1S/C15H21NO3/c1-11-5-3-6-12(2)14(11)16-8-10-19-13(15(16)18)7-4-9-17/h3,5-6,13,17H,4,7-10H2,1-2H3. The van der Waals surface area contributed by atoms with Crippen LogP contribution in [0.3, 0.4) is 0 Å². The maximum absolute atomic E-state index is 12.5. The number of para-hydroxylation sites is 1. The number of aryl methyl sites for hydroxylation is 2. The van der Waals surface area contributed by atoms with Crippen molar-refractivity contribution in [1.82, 2.24) is 0 Å². The number of anilines is 1. The number of ether oxygens (including phenoxy) is 1. The van der Waals surface area contributed by atoms with Gasteiger partial charge in [0.15, 0.2) is 0 Å². The lowest BCUT2D eigenvalue weighted by Gasteiger charge is -2.34. The second-order valence-electron chi connectivity index (χ2n) is 4.96. The van der Waals surface area contributed by atoms with E-state index in [4.69, 9.17) is 9.84 Å². The van der Waals surface area contributed by atoms with Gasteiger partial charge in [0.2, 0.25) is 0 Å². The van der Waals surface area contributed by atoms with Gasteiger partial charge < -0.3 is 14.7 Å². The fourth-order valence-electron chi connectivity index (χ4n) is 2.58. The van der Waals surface area contributed by atoms with Crippen molar-refractivity contribution >= 4 is 11.6 Å². The van der Waals surface area contributed by atoms with Gasteiger partial charge in [-0.2, -0.15) is 0 Å². The molecule has 1 aromatic carbocycles. The molecule has 0 bridgehead atoms. The third-order valence-corrected chi connectivity index (χ3v) is 3.51. The number of carbonyl (C=O) groups is 1. The second-order valence-corrected chi connectivity index (χ2v) is 4.96. The highest BCUT2D eigenvalue weighted by molar-refractivity contribution is 5.98. The lowest BCUT2D eigenvalue weighted by atomic mass is 10.1. The fraction of sp³-hybridized carbons (Fsp3) is 0.533. The highest BCUT2D eigenvalue weighted by atomic mass is 16.5. The van der Waals surface area contributed by atoms with Gasteiger partial charge in [-0.15, -0.1) is 0 Å². The zero-order chi connectivity index (χ0) is 13.8. The molecule has 0 spiro atoms. The molecule has 1 saturated heterocycles. The molecule has 1 heterocycles. The Hall–Kier alpha value is -1.39. The van der Waals surface area contributed by atoms with Crippen LogP contribution in [0.1, 0.15) is 24.0 Å². The van der Waals surface area contributed by atoms with Gasteiger partial charge in [0.1, 0.15) is 6.10 Å². The normalized spacial score (nSPS) is 19.8. The van der Waals surface area contributed by atoms with E-state index < -0.39 is 6.10 Å². The van der Waals surface area contributed by atoms with Gasteiger partial charge in [-0.3, -0.25) is 4.79 Å². The molecule has 1 N–H and O–H groups in total. The first-order chi connectivity index (χ1) is 9.15. The molecular formula is C15H21NO3. The van der Waals surface area contributed by atoms with E-state index in [-0.39, 0.29) is 12.5 Å². The van der Waals surface area contributed by atoms with Crippen molar-refractivity contribution in [1.29, 1.82) is 0 Å². The van der Waals surface area contributed by atoms with Crippen molar-refractivity contribution in [2.45, 2.75) is 32.8 Å². The van der Waals surface area contributed by atoms with Gasteiger partial charge in [0.25, 0.3) is 5.91 Å². The number of hydrogen-bond acceptors (Lipinski definition) is 3. The molecule has 1 fully saturated rings. The lowest BCUT2D eigenvalue weighted by Crippen LogP contribution is -2.48. The number of benzene rings is 1. The van der Waals surface area contributed by atoms with Crippen molar-refractivity contribution in [2.75, 3.05) is 24.7 Å². The van der Waals surface area contributed by atoms with Crippen LogP contribution in [0.25, 0.3) is 0 Å². The Bertz CT molecular complexity index is 438. The lowest BCUT2D eigenvalue weighted by molar-refractivity contribution is -0.134. The Morgan fingerprint density at radius 2 is 2.05 bits per heavy atom. The summed E-state index contributed by atoms with van der Waals surface area (Å²) in [5.74, 6) is 0.0112. The average molecular weight is 263 g/mol. The smallest absolute Gasteiger partial charge is 0.256 e. The predicted octanol–water partition coefficient (Wildman–Crippen LogP) is 1.81. The van der Waals surface area contributed by atoms with Crippen LogP contribution >= 0.6 is 0 Å². The minimum Gasteiger partial charge on any atom is -0.396 e. The number of amides is 1. The summed E-state index contributed by atoms with van der Waals surface area (Å²) in [5, 5.41) is 8.87. The molecule has 1 atom stereocenters. The number of aliphatic hydroxyl groups excluding tert-OH is 1. The maximum Gasteiger partial charge on any atom is 0.256 e. The van der Waals surface area contributed by atoms with Crippen molar-refractivity contribution in [3.63, 3.8) is 0 Å². The van der Waals surface area contributed by atoms with Crippen molar-refractivity contribution in [3.8, 4) is 0 Å². The number of morpholine rings is 1. The Morgan fingerprint density at radius 1 is 1.37 bits per heavy atom. The summed E-state index contributed by atoms with van der Waals surface area (Å²) in [6.07, 6.45) is 0.758. The molecule has 1 aromatic rings. The van der Waals surface area contributed by atoms with E-state index in [1.807, 2.05) is 36.9 Å². The van der Waals surface area contributed by atoms with E-state index in [0.717, 1.165) is 16.8 Å². The molecule has 2 rings (SSSR count). The van der Waals surface area contributed by atoms with Crippen LogP contribution in [-0.4, -0.2) is 36.9 Å². The van der Waals surface area contributed by atoms with Crippen LogP contribution in [0.2, 0.25) is 0 Å². The Labute approximate surface area is 114 Å². The van der Waals surface area contributed by atoms with Crippen molar-refractivity contribution < 1.29 is 14.6 Å². The first kappa shape index (κ1) is 14.0. The molecule has 1 amide bonds. The quantitative estimate of drug-likeness (QED) is 0.901. The number of carbonyl (C=O) groups excluding carboxylic acids is 1. The van der Waals surface area contributed by atoms with Gasteiger partial charge in [0, 0.05) is 18.8 Å². The number of rotatable bonds is 4. The molecule has 1 aliphatic heterocycles. The second kappa shape index (κ2) is 6.17. The highest BCUT2D eigenvalue weighted by Gasteiger charge is 2.31. The third kappa shape index (κ3) is 2.96. The number of nitrogens with zero attached hydrogens (tertiary/aromatic N) is 1. The van der Waals surface area contributed by atoms with Crippen molar-refractivity contribution in [3.05, 3.63) is 29.3 Å². The van der Waals surface area contributed by atoms with Crippen LogP contribution in [0, 0.1) is 13.8 Å². The van der Waals surface area contributed by atoms with Crippen LogP contribution in [0.4, 0.5) is 5.69 Å². The maximum atomic E-state index is 12.5. The van der Waals surface area contributed by atoms with Crippen molar-refractivity contribution in [2.24, 2.45) is 0 Å². The zero-order valence-electron chi connectivity index (χ0n) is 11.6. The Morgan fingerprint density at radius 3 is 2.68 bits per heavy atom. The van der Waals surface area contributed by atoms with E-state index >= 15 is 0 Å². The molecule has 0 aromatic heterocycles. The fourth-order valence-corrected chi connectivity index (χ4v) is 2.58. The number of aliphatic hydroxyl groups is 1. The first-order valence-electron chi connectivity index (χ1n) is 6.75. The van der Waals surface area contributed by atoms with Gasteiger partial charge >= 0.3 is 0 Å².